The average molecular weight is 234 g/mol. The Morgan fingerprint density at radius 1 is 1.41 bits per heavy atom. The third kappa shape index (κ3) is 2.77. The molecule has 17 heavy (non-hydrogen) atoms. The van der Waals surface area contributed by atoms with Gasteiger partial charge in [0, 0.05) is 38.0 Å². The molecule has 1 aliphatic heterocycles. The maximum atomic E-state index is 11.2. The summed E-state index contributed by atoms with van der Waals surface area (Å²) in [4.78, 5) is 13.4. The lowest BCUT2D eigenvalue weighted by Gasteiger charge is -2.23. The van der Waals surface area contributed by atoms with E-state index in [1.807, 2.05) is 19.2 Å². The third-order valence-electron chi connectivity index (χ3n) is 3.08. The van der Waals surface area contributed by atoms with Gasteiger partial charge in [-0.05, 0) is 36.6 Å². The summed E-state index contributed by atoms with van der Waals surface area (Å²) in [6, 6.07) is 6.07. The lowest BCUT2D eigenvalue weighted by molar-refractivity contribution is -0.116. The highest BCUT2D eigenvalue weighted by Crippen LogP contribution is 2.27. The van der Waals surface area contributed by atoms with Crippen molar-refractivity contribution in [3.63, 3.8) is 0 Å². The molecule has 1 aromatic rings. The van der Waals surface area contributed by atoms with E-state index >= 15 is 0 Å². The number of anilines is 2. The minimum Gasteiger partial charge on any atom is -0.396 e. The van der Waals surface area contributed by atoms with Crippen molar-refractivity contribution < 1.29 is 9.90 Å². The summed E-state index contributed by atoms with van der Waals surface area (Å²) in [5, 5.41) is 11.7. The lowest BCUT2D eigenvalue weighted by Crippen LogP contribution is -2.22. The number of carbonyl (C=O) groups is 1. The van der Waals surface area contributed by atoms with E-state index in [0.717, 1.165) is 30.8 Å². The number of carbonyl (C=O) groups excluding carboxylic acids is 1. The summed E-state index contributed by atoms with van der Waals surface area (Å²) in [6.45, 7) is 1.05. The van der Waals surface area contributed by atoms with E-state index in [1.54, 1.807) is 0 Å². The number of rotatable bonds is 4. The predicted octanol–water partition coefficient (Wildman–Crippen LogP) is 1.39. The van der Waals surface area contributed by atoms with Crippen molar-refractivity contribution in [3.8, 4) is 0 Å². The van der Waals surface area contributed by atoms with Crippen molar-refractivity contribution in [1.82, 2.24) is 0 Å². The maximum absolute atomic E-state index is 11.2. The van der Waals surface area contributed by atoms with Crippen LogP contribution >= 0.6 is 0 Å². The molecule has 0 unspecified atom stereocenters. The van der Waals surface area contributed by atoms with Crippen LogP contribution in [0.15, 0.2) is 18.2 Å². The SMILES string of the molecule is CN(CCCO)c1ccc2c(c1)CCC(=O)N2. The maximum Gasteiger partial charge on any atom is 0.224 e. The summed E-state index contributed by atoms with van der Waals surface area (Å²) in [6.07, 6.45) is 2.14. The van der Waals surface area contributed by atoms with E-state index in [4.69, 9.17) is 5.11 Å². The minimum atomic E-state index is 0.0962. The first kappa shape index (κ1) is 11.9. The van der Waals surface area contributed by atoms with Gasteiger partial charge in [-0.15, -0.1) is 0 Å². The number of nitrogens with one attached hydrogen (secondary N) is 1. The van der Waals surface area contributed by atoms with E-state index in [-0.39, 0.29) is 12.5 Å². The third-order valence-corrected chi connectivity index (χ3v) is 3.08. The molecule has 2 rings (SSSR count). The van der Waals surface area contributed by atoms with E-state index in [1.165, 1.54) is 5.56 Å². The Kier molecular flexibility index (Phi) is 3.64. The van der Waals surface area contributed by atoms with Crippen molar-refractivity contribution >= 4 is 17.3 Å². The van der Waals surface area contributed by atoms with Crippen molar-refractivity contribution in [2.75, 3.05) is 30.4 Å². The molecule has 1 heterocycles. The smallest absolute Gasteiger partial charge is 0.224 e. The number of aryl methyl sites for hydroxylation is 1. The Morgan fingerprint density at radius 3 is 3.00 bits per heavy atom. The molecule has 0 spiro atoms. The van der Waals surface area contributed by atoms with Crippen LogP contribution in [-0.4, -0.2) is 31.2 Å². The molecule has 0 bridgehead atoms. The van der Waals surface area contributed by atoms with Crippen LogP contribution in [0.4, 0.5) is 11.4 Å². The Labute approximate surface area is 101 Å². The molecule has 0 aromatic heterocycles. The van der Waals surface area contributed by atoms with Crippen molar-refractivity contribution in [3.05, 3.63) is 23.8 Å². The summed E-state index contributed by atoms with van der Waals surface area (Å²) in [7, 11) is 2.01. The van der Waals surface area contributed by atoms with Gasteiger partial charge >= 0.3 is 0 Å². The summed E-state index contributed by atoms with van der Waals surface area (Å²) in [5.41, 5.74) is 3.26. The molecule has 0 saturated carbocycles. The Morgan fingerprint density at radius 2 is 2.24 bits per heavy atom. The van der Waals surface area contributed by atoms with Crippen LogP contribution in [0.25, 0.3) is 0 Å². The minimum absolute atomic E-state index is 0.0962. The molecular formula is C13H18N2O2. The molecule has 0 radical (unpaired) electrons. The molecule has 1 aromatic carbocycles. The number of aliphatic hydroxyl groups excluding tert-OH is 1. The van der Waals surface area contributed by atoms with E-state index in [9.17, 15) is 4.79 Å². The number of aliphatic hydroxyl groups is 1. The zero-order valence-electron chi connectivity index (χ0n) is 10.1. The van der Waals surface area contributed by atoms with Crippen LogP contribution < -0.4 is 10.2 Å². The summed E-state index contributed by atoms with van der Waals surface area (Å²) < 4.78 is 0. The molecule has 1 aliphatic rings. The second-order valence-corrected chi connectivity index (χ2v) is 4.39. The van der Waals surface area contributed by atoms with E-state index in [2.05, 4.69) is 16.3 Å². The zero-order chi connectivity index (χ0) is 12.3. The molecule has 2 N–H and O–H groups in total. The first-order chi connectivity index (χ1) is 8.20. The van der Waals surface area contributed by atoms with Gasteiger partial charge in [0.1, 0.15) is 0 Å². The first-order valence-electron chi connectivity index (χ1n) is 5.95. The topological polar surface area (TPSA) is 52.6 Å². The van der Waals surface area contributed by atoms with Crippen LogP contribution in [0.2, 0.25) is 0 Å². The van der Waals surface area contributed by atoms with Gasteiger partial charge in [0.15, 0.2) is 0 Å². The number of nitrogens with zero attached hydrogens (tertiary/aromatic N) is 1. The van der Waals surface area contributed by atoms with Gasteiger partial charge in [0.05, 0.1) is 0 Å². The fraction of sp³-hybridized carbons (Fsp3) is 0.462. The molecule has 0 fully saturated rings. The van der Waals surface area contributed by atoms with Crippen molar-refractivity contribution in [1.29, 1.82) is 0 Å². The standard InChI is InChI=1S/C13H18N2O2/c1-15(7-2-8-16)11-4-5-12-10(9-11)3-6-13(17)14-12/h4-5,9,16H,2-3,6-8H2,1H3,(H,14,17). The number of hydrogen-bond donors (Lipinski definition) is 2. The molecule has 0 atom stereocenters. The fourth-order valence-electron chi connectivity index (χ4n) is 2.04. The highest BCUT2D eigenvalue weighted by molar-refractivity contribution is 5.94. The van der Waals surface area contributed by atoms with Crippen LogP contribution in [-0.2, 0) is 11.2 Å². The molecule has 1 amide bonds. The quantitative estimate of drug-likeness (QED) is 0.827. The van der Waals surface area contributed by atoms with Gasteiger partial charge in [-0.25, -0.2) is 0 Å². The second kappa shape index (κ2) is 5.19. The Hall–Kier alpha value is -1.55. The van der Waals surface area contributed by atoms with Crippen molar-refractivity contribution in [2.24, 2.45) is 0 Å². The number of fused-ring (bicyclic) bond motifs is 1. The van der Waals surface area contributed by atoms with Gasteiger partial charge in [-0.2, -0.15) is 0 Å². The van der Waals surface area contributed by atoms with Gasteiger partial charge in [0.25, 0.3) is 0 Å². The molecule has 92 valence electrons. The van der Waals surface area contributed by atoms with E-state index < -0.39 is 0 Å². The van der Waals surface area contributed by atoms with Gasteiger partial charge in [-0.1, -0.05) is 0 Å². The molecular weight excluding hydrogens is 216 g/mol. The average Bonchev–Trinajstić information content (AvgIpc) is 2.35. The van der Waals surface area contributed by atoms with E-state index in [0.29, 0.717) is 6.42 Å². The van der Waals surface area contributed by atoms with Crippen LogP contribution in [0, 0.1) is 0 Å². The number of hydrogen-bond acceptors (Lipinski definition) is 3. The lowest BCUT2D eigenvalue weighted by atomic mass is 10.0. The number of benzene rings is 1. The zero-order valence-corrected chi connectivity index (χ0v) is 10.1. The van der Waals surface area contributed by atoms with Gasteiger partial charge in [0.2, 0.25) is 5.91 Å². The predicted molar refractivity (Wildman–Crippen MR) is 68.4 cm³/mol. The molecule has 4 nitrogen and oxygen atoms in total. The highest BCUT2D eigenvalue weighted by atomic mass is 16.3. The molecule has 4 heteroatoms. The Balaban J connectivity index is 2.13. The largest absolute Gasteiger partial charge is 0.396 e. The summed E-state index contributed by atoms with van der Waals surface area (Å²) >= 11 is 0. The van der Waals surface area contributed by atoms with Gasteiger partial charge in [-0.3, -0.25) is 4.79 Å². The highest BCUT2D eigenvalue weighted by Gasteiger charge is 2.15. The van der Waals surface area contributed by atoms with Crippen molar-refractivity contribution in [2.45, 2.75) is 19.3 Å². The second-order valence-electron chi connectivity index (χ2n) is 4.39. The molecule has 0 aliphatic carbocycles. The normalized spacial score (nSPS) is 14.1. The van der Waals surface area contributed by atoms with Crippen LogP contribution in [0.1, 0.15) is 18.4 Å². The fourth-order valence-corrected chi connectivity index (χ4v) is 2.04. The number of amides is 1. The monoisotopic (exact) mass is 234 g/mol. The van der Waals surface area contributed by atoms with Gasteiger partial charge < -0.3 is 15.3 Å². The van der Waals surface area contributed by atoms with Crippen LogP contribution in [0.3, 0.4) is 0 Å². The first-order valence-corrected chi connectivity index (χ1v) is 5.95. The Bertz CT molecular complexity index is 418. The van der Waals surface area contributed by atoms with Crippen LogP contribution in [0.5, 0.6) is 0 Å². The molecule has 0 saturated heterocycles. The summed E-state index contributed by atoms with van der Waals surface area (Å²) in [5.74, 6) is 0.0962.